The van der Waals surface area contributed by atoms with Crippen molar-refractivity contribution in [3.05, 3.63) is 28.2 Å². The van der Waals surface area contributed by atoms with Gasteiger partial charge in [0.05, 0.1) is 10.0 Å². The Morgan fingerprint density at radius 3 is 2.93 bits per heavy atom. The molecule has 0 aliphatic heterocycles. The second-order valence-electron chi connectivity index (χ2n) is 2.75. The molecule has 0 radical (unpaired) electrons. The van der Waals surface area contributed by atoms with E-state index in [1.807, 2.05) is 6.92 Å². The molecule has 0 aliphatic carbocycles. The molecule has 4 nitrogen and oxygen atoms in total. The van der Waals surface area contributed by atoms with Crippen LogP contribution in [0, 0.1) is 0 Å². The van der Waals surface area contributed by atoms with Crippen molar-refractivity contribution in [2.24, 2.45) is 0 Å². The molecule has 0 unspecified atom stereocenters. The molecule has 0 atom stereocenters. The zero-order valence-electron chi connectivity index (χ0n) is 8.33. The Labute approximate surface area is 96.5 Å². The number of hydrogen-bond donors (Lipinski definition) is 1. The highest BCUT2D eigenvalue weighted by atomic mass is 79.9. The second-order valence-corrected chi connectivity index (χ2v) is 3.54. The highest BCUT2D eigenvalue weighted by molar-refractivity contribution is 9.10. The van der Waals surface area contributed by atoms with Crippen LogP contribution in [0.3, 0.4) is 0 Å². The van der Waals surface area contributed by atoms with E-state index in [0.29, 0.717) is 22.3 Å². The summed E-state index contributed by atoms with van der Waals surface area (Å²) in [5.74, 6) is -0.456. The lowest BCUT2D eigenvalue weighted by atomic mass is 10.2. The minimum Gasteiger partial charge on any atom is -0.435 e. The Morgan fingerprint density at radius 1 is 1.53 bits per heavy atom. The van der Waals surface area contributed by atoms with Gasteiger partial charge in [-0.15, -0.1) is 0 Å². The van der Waals surface area contributed by atoms with Crippen LogP contribution in [0.25, 0.3) is 0 Å². The highest BCUT2D eigenvalue weighted by Crippen LogP contribution is 2.24. The minimum atomic E-state index is -0.456. The van der Waals surface area contributed by atoms with Gasteiger partial charge in [-0.3, -0.25) is 0 Å². The van der Waals surface area contributed by atoms with Crippen LogP contribution >= 0.6 is 15.9 Å². The van der Waals surface area contributed by atoms with Gasteiger partial charge in [0.15, 0.2) is 6.79 Å². The van der Waals surface area contributed by atoms with Crippen molar-refractivity contribution in [3.63, 3.8) is 0 Å². The first-order chi connectivity index (χ1) is 7.16. The van der Waals surface area contributed by atoms with E-state index in [1.54, 1.807) is 18.2 Å². The molecule has 82 valence electrons. The van der Waals surface area contributed by atoms with E-state index >= 15 is 0 Å². The maximum atomic E-state index is 11.5. The summed E-state index contributed by atoms with van der Waals surface area (Å²) in [7, 11) is 0. The zero-order valence-corrected chi connectivity index (χ0v) is 9.91. The third-order valence-corrected chi connectivity index (χ3v) is 2.61. The lowest BCUT2D eigenvalue weighted by Crippen LogP contribution is -2.10. The Morgan fingerprint density at radius 2 is 2.27 bits per heavy atom. The largest absolute Gasteiger partial charge is 0.435 e. The molecule has 1 aromatic rings. The number of rotatable bonds is 4. The summed E-state index contributed by atoms with van der Waals surface area (Å²) in [5, 5.41) is 0. The van der Waals surface area contributed by atoms with Crippen molar-refractivity contribution in [1.29, 1.82) is 0 Å². The second kappa shape index (κ2) is 5.72. The molecule has 0 saturated heterocycles. The van der Waals surface area contributed by atoms with Crippen molar-refractivity contribution < 1.29 is 14.3 Å². The van der Waals surface area contributed by atoms with E-state index in [2.05, 4.69) is 15.9 Å². The maximum absolute atomic E-state index is 11.5. The number of nitrogen functional groups attached to an aromatic ring is 1. The number of nitrogens with two attached hydrogens (primary N) is 1. The first-order valence-corrected chi connectivity index (χ1v) is 5.25. The van der Waals surface area contributed by atoms with Crippen LogP contribution < -0.4 is 5.73 Å². The van der Waals surface area contributed by atoms with Crippen LogP contribution in [0.4, 0.5) is 5.69 Å². The summed E-state index contributed by atoms with van der Waals surface area (Å²) in [5.41, 5.74) is 6.53. The molecule has 0 bridgehead atoms. The monoisotopic (exact) mass is 273 g/mol. The SMILES string of the molecule is CCOCOC(=O)c1cccc(N)c1Br. The van der Waals surface area contributed by atoms with Crippen LogP contribution in [-0.4, -0.2) is 19.4 Å². The number of ether oxygens (including phenoxy) is 2. The molecule has 1 aromatic carbocycles. The van der Waals surface area contributed by atoms with Crippen molar-refractivity contribution in [2.45, 2.75) is 6.92 Å². The van der Waals surface area contributed by atoms with Crippen LogP contribution in [0.5, 0.6) is 0 Å². The molecule has 0 spiro atoms. The van der Waals surface area contributed by atoms with Gasteiger partial charge in [0.25, 0.3) is 0 Å². The predicted octanol–water partition coefficient (Wildman–Crippen LogP) is 2.18. The number of carbonyl (C=O) groups is 1. The number of esters is 1. The number of hydrogen-bond acceptors (Lipinski definition) is 4. The van der Waals surface area contributed by atoms with Crippen LogP contribution in [0.1, 0.15) is 17.3 Å². The van der Waals surface area contributed by atoms with E-state index < -0.39 is 5.97 Å². The Hall–Kier alpha value is -1.07. The highest BCUT2D eigenvalue weighted by Gasteiger charge is 2.12. The quantitative estimate of drug-likeness (QED) is 0.395. The predicted molar refractivity (Wildman–Crippen MR) is 60.5 cm³/mol. The fourth-order valence-corrected chi connectivity index (χ4v) is 1.39. The summed E-state index contributed by atoms with van der Waals surface area (Å²) in [6.07, 6.45) is 0. The molecular weight excluding hydrogens is 262 g/mol. The molecule has 5 heteroatoms. The van der Waals surface area contributed by atoms with Crippen LogP contribution in [-0.2, 0) is 9.47 Å². The van der Waals surface area contributed by atoms with Crippen molar-refractivity contribution in [3.8, 4) is 0 Å². The van der Waals surface area contributed by atoms with Gasteiger partial charge in [-0.05, 0) is 35.0 Å². The van der Waals surface area contributed by atoms with Crippen molar-refractivity contribution in [1.82, 2.24) is 0 Å². The lowest BCUT2D eigenvalue weighted by Gasteiger charge is -2.07. The van der Waals surface area contributed by atoms with Gasteiger partial charge in [-0.1, -0.05) is 6.07 Å². The third kappa shape index (κ3) is 3.21. The minimum absolute atomic E-state index is 0.0451. The van der Waals surface area contributed by atoms with Crippen molar-refractivity contribution >= 4 is 27.6 Å². The third-order valence-electron chi connectivity index (χ3n) is 1.73. The van der Waals surface area contributed by atoms with Gasteiger partial charge in [0.1, 0.15) is 0 Å². The Kier molecular flexibility index (Phi) is 4.58. The number of halogens is 1. The maximum Gasteiger partial charge on any atom is 0.341 e. The fourth-order valence-electron chi connectivity index (χ4n) is 0.964. The molecule has 0 fully saturated rings. The smallest absolute Gasteiger partial charge is 0.341 e. The van der Waals surface area contributed by atoms with E-state index in [1.165, 1.54) is 0 Å². The Bertz CT molecular complexity index is 355. The molecule has 15 heavy (non-hydrogen) atoms. The molecule has 1 rings (SSSR count). The van der Waals surface area contributed by atoms with Crippen molar-refractivity contribution in [2.75, 3.05) is 19.1 Å². The summed E-state index contributed by atoms with van der Waals surface area (Å²) < 4.78 is 10.3. The first-order valence-electron chi connectivity index (χ1n) is 4.45. The number of anilines is 1. The normalized spacial score (nSPS) is 10.0. The van der Waals surface area contributed by atoms with Crippen LogP contribution in [0.15, 0.2) is 22.7 Å². The molecule has 2 N–H and O–H groups in total. The topological polar surface area (TPSA) is 61.5 Å². The first kappa shape index (κ1) is 12.0. The van der Waals surface area contributed by atoms with Gasteiger partial charge in [0.2, 0.25) is 0 Å². The number of carbonyl (C=O) groups excluding carboxylic acids is 1. The summed E-state index contributed by atoms with van der Waals surface area (Å²) >= 11 is 3.22. The van der Waals surface area contributed by atoms with Crippen LogP contribution in [0.2, 0.25) is 0 Å². The Balaban J connectivity index is 2.69. The zero-order chi connectivity index (χ0) is 11.3. The van der Waals surface area contributed by atoms with Gasteiger partial charge < -0.3 is 15.2 Å². The average Bonchev–Trinajstić information content (AvgIpc) is 2.22. The molecule has 0 aromatic heterocycles. The van der Waals surface area contributed by atoms with E-state index in [4.69, 9.17) is 15.2 Å². The standard InChI is InChI=1S/C10H12BrNO3/c1-2-14-6-15-10(13)7-4-3-5-8(12)9(7)11/h3-5H,2,6,12H2,1H3. The van der Waals surface area contributed by atoms with E-state index in [-0.39, 0.29) is 6.79 Å². The molecule has 0 saturated carbocycles. The average molecular weight is 274 g/mol. The number of benzene rings is 1. The summed E-state index contributed by atoms with van der Waals surface area (Å²) in [4.78, 5) is 11.5. The van der Waals surface area contributed by atoms with Gasteiger partial charge in [-0.2, -0.15) is 0 Å². The molecule has 0 aliphatic rings. The molecule has 0 amide bonds. The summed E-state index contributed by atoms with van der Waals surface area (Å²) in [6.45, 7) is 2.28. The molecular formula is C10H12BrNO3. The summed E-state index contributed by atoms with van der Waals surface area (Å²) in [6, 6.07) is 5.02. The van der Waals surface area contributed by atoms with E-state index in [0.717, 1.165) is 0 Å². The molecule has 0 heterocycles. The lowest BCUT2D eigenvalue weighted by molar-refractivity contribution is -0.0275. The van der Waals surface area contributed by atoms with Gasteiger partial charge >= 0.3 is 5.97 Å². The fraction of sp³-hybridized carbons (Fsp3) is 0.300. The van der Waals surface area contributed by atoms with Gasteiger partial charge in [0, 0.05) is 12.3 Å². The van der Waals surface area contributed by atoms with Gasteiger partial charge in [-0.25, -0.2) is 4.79 Å². The van der Waals surface area contributed by atoms with E-state index in [9.17, 15) is 4.79 Å².